The van der Waals surface area contributed by atoms with Gasteiger partial charge in [-0.15, -0.1) is 11.3 Å². The third-order valence-electron chi connectivity index (χ3n) is 4.78. The van der Waals surface area contributed by atoms with Gasteiger partial charge in [0.25, 0.3) is 0 Å². The van der Waals surface area contributed by atoms with E-state index in [1.54, 1.807) is 23.5 Å². The maximum atomic E-state index is 13.6. The number of thiophene rings is 1. The number of carbonyl (C=O) groups is 2. The third-order valence-corrected chi connectivity index (χ3v) is 5.68. The quantitative estimate of drug-likeness (QED) is 0.720. The zero-order valence-electron chi connectivity index (χ0n) is 14.1. The Kier molecular flexibility index (Phi) is 5.97. The minimum absolute atomic E-state index is 0.000683. The fourth-order valence-corrected chi connectivity index (χ4v) is 4.12. The summed E-state index contributed by atoms with van der Waals surface area (Å²) in [5.74, 6) is -0.199. The highest BCUT2D eigenvalue weighted by Crippen LogP contribution is 2.24. The van der Waals surface area contributed by atoms with Crippen LogP contribution >= 0.6 is 11.3 Å². The van der Waals surface area contributed by atoms with Gasteiger partial charge in [-0.3, -0.25) is 9.59 Å². The molecule has 0 atom stereocenters. The van der Waals surface area contributed by atoms with E-state index in [-0.39, 0.29) is 30.1 Å². The first-order valence-electron chi connectivity index (χ1n) is 8.71. The Morgan fingerprint density at radius 3 is 2.52 bits per heavy atom. The van der Waals surface area contributed by atoms with Crippen molar-refractivity contribution in [1.29, 1.82) is 0 Å². The Hall–Kier alpha value is -2.01. The summed E-state index contributed by atoms with van der Waals surface area (Å²) in [6.07, 6.45) is 3.32. The van der Waals surface area contributed by atoms with Crippen molar-refractivity contribution in [3.8, 4) is 0 Å². The molecule has 1 amide bonds. The number of piperidine rings is 1. The van der Waals surface area contributed by atoms with Crippen LogP contribution in [0.2, 0.25) is 0 Å². The van der Waals surface area contributed by atoms with Gasteiger partial charge < -0.3 is 4.90 Å². The number of likely N-dealkylation sites (tertiary alicyclic amines) is 1. The first kappa shape index (κ1) is 17.8. The highest BCUT2D eigenvalue weighted by molar-refractivity contribution is 7.09. The van der Waals surface area contributed by atoms with Gasteiger partial charge in [-0.05, 0) is 48.8 Å². The number of nitrogens with zero attached hydrogens (tertiary/aromatic N) is 1. The van der Waals surface area contributed by atoms with Gasteiger partial charge in [-0.1, -0.05) is 18.2 Å². The van der Waals surface area contributed by atoms with Gasteiger partial charge in [0.1, 0.15) is 5.82 Å². The van der Waals surface area contributed by atoms with E-state index in [9.17, 15) is 14.0 Å². The van der Waals surface area contributed by atoms with Gasteiger partial charge >= 0.3 is 0 Å². The largest absolute Gasteiger partial charge is 0.343 e. The second-order valence-corrected chi connectivity index (χ2v) is 7.54. The lowest BCUT2D eigenvalue weighted by atomic mass is 9.92. The van der Waals surface area contributed by atoms with Crippen molar-refractivity contribution in [3.05, 3.63) is 58.0 Å². The molecule has 132 valence electrons. The summed E-state index contributed by atoms with van der Waals surface area (Å²) in [6, 6.07) is 10.2. The molecule has 1 saturated heterocycles. The molecule has 3 rings (SSSR count). The summed E-state index contributed by atoms with van der Waals surface area (Å²) in [5.41, 5.74) is 0.0740. The van der Waals surface area contributed by atoms with Crippen LogP contribution in [0.4, 0.5) is 4.39 Å². The number of Topliss-reactive ketones (excluding diaryl/α,β-unsaturated/α-hetero) is 1. The van der Waals surface area contributed by atoms with Crippen LogP contribution in [0.5, 0.6) is 0 Å². The molecule has 0 unspecified atom stereocenters. The van der Waals surface area contributed by atoms with Crippen LogP contribution in [0.1, 0.15) is 40.9 Å². The zero-order valence-corrected chi connectivity index (χ0v) is 14.9. The van der Waals surface area contributed by atoms with E-state index in [4.69, 9.17) is 0 Å². The first-order chi connectivity index (χ1) is 12.1. The summed E-state index contributed by atoms with van der Waals surface area (Å²) in [6.45, 7) is 1.51. The highest BCUT2D eigenvalue weighted by Gasteiger charge is 2.23. The number of hydrogen-bond acceptors (Lipinski definition) is 3. The maximum absolute atomic E-state index is 13.6. The molecule has 1 fully saturated rings. The van der Waals surface area contributed by atoms with Crippen molar-refractivity contribution < 1.29 is 14.0 Å². The van der Waals surface area contributed by atoms with E-state index in [1.165, 1.54) is 17.0 Å². The van der Waals surface area contributed by atoms with Crippen LogP contribution in [-0.4, -0.2) is 29.7 Å². The summed E-state index contributed by atoms with van der Waals surface area (Å²) >= 11 is 1.79. The van der Waals surface area contributed by atoms with Crippen LogP contribution < -0.4 is 0 Å². The lowest BCUT2D eigenvalue weighted by Crippen LogP contribution is -2.39. The molecule has 2 aromatic rings. The van der Waals surface area contributed by atoms with Crippen molar-refractivity contribution in [1.82, 2.24) is 4.90 Å². The van der Waals surface area contributed by atoms with Crippen molar-refractivity contribution >= 4 is 23.0 Å². The molecular formula is C20H22FNO2S. The molecule has 2 heterocycles. The Labute approximate surface area is 151 Å². The van der Waals surface area contributed by atoms with Crippen LogP contribution in [0.25, 0.3) is 0 Å². The number of benzene rings is 1. The summed E-state index contributed by atoms with van der Waals surface area (Å²) in [5, 5.41) is 2.10. The predicted octanol–water partition coefficient (Wildman–Crippen LogP) is 4.33. The second-order valence-electron chi connectivity index (χ2n) is 6.51. The van der Waals surface area contributed by atoms with Crippen LogP contribution in [0.3, 0.4) is 0 Å². The molecule has 1 aliphatic rings. The Morgan fingerprint density at radius 1 is 1.08 bits per heavy atom. The molecule has 25 heavy (non-hydrogen) atoms. The van der Waals surface area contributed by atoms with E-state index >= 15 is 0 Å². The molecule has 1 aliphatic heterocycles. The summed E-state index contributed by atoms with van der Waals surface area (Å²) < 4.78 is 13.6. The van der Waals surface area contributed by atoms with Crippen molar-refractivity contribution in [2.45, 2.75) is 32.1 Å². The van der Waals surface area contributed by atoms with Gasteiger partial charge in [0.2, 0.25) is 5.91 Å². The molecule has 0 bridgehead atoms. The smallest absolute Gasteiger partial charge is 0.223 e. The molecule has 0 radical (unpaired) electrons. The van der Waals surface area contributed by atoms with E-state index < -0.39 is 5.82 Å². The standard InChI is InChI=1S/C20H22FNO2S/c21-18-6-2-1-5-17(18)19(23)7-8-20(24)22-11-9-15(10-12-22)14-16-4-3-13-25-16/h1-6,13,15H,7-12,14H2. The average Bonchev–Trinajstić information content (AvgIpc) is 3.13. The minimum atomic E-state index is -0.519. The first-order valence-corrected chi connectivity index (χ1v) is 9.59. The summed E-state index contributed by atoms with van der Waals surface area (Å²) in [7, 11) is 0. The van der Waals surface area contributed by atoms with Crippen LogP contribution in [0, 0.1) is 11.7 Å². The van der Waals surface area contributed by atoms with Crippen molar-refractivity contribution in [3.63, 3.8) is 0 Å². The minimum Gasteiger partial charge on any atom is -0.343 e. The SMILES string of the molecule is O=C(CCC(=O)N1CCC(Cc2cccs2)CC1)c1ccccc1F. The fraction of sp³-hybridized carbons (Fsp3) is 0.400. The van der Waals surface area contributed by atoms with Crippen molar-refractivity contribution in [2.24, 2.45) is 5.92 Å². The topological polar surface area (TPSA) is 37.4 Å². The number of ketones is 1. The van der Waals surface area contributed by atoms with Gasteiger partial charge in [0.05, 0.1) is 5.56 Å². The Bertz CT molecular complexity index is 721. The molecule has 1 aromatic heterocycles. The average molecular weight is 359 g/mol. The number of rotatable bonds is 6. The third kappa shape index (κ3) is 4.75. The molecule has 0 aliphatic carbocycles. The highest BCUT2D eigenvalue weighted by atomic mass is 32.1. The van der Waals surface area contributed by atoms with E-state index in [2.05, 4.69) is 17.5 Å². The molecule has 0 N–H and O–H groups in total. The monoisotopic (exact) mass is 359 g/mol. The van der Waals surface area contributed by atoms with Gasteiger partial charge in [0.15, 0.2) is 5.78 Å². The normalized spacial score (nSPS) is 15.3. The lowest BCUT2D eigenvalue weighted by molar-refractivity contribution is -0.132. The van der Waals surface area contributed by atoms with E-state index in [0.717, 1.165) is 32.4 Å². The van der Waals surface area contributed by atoms with Gasteiger partial charge in [0, 0.05) is 30.8 Å². The van der Waals surface area contributed by atoms with Gasteiger partial charge in [-0.2, -0.15) is 0 Å². The van der Waals surface area contributed by atoms with Gasteiger partial charge in [-0.25, -0.2) is 4.39 Å². The molecule has 3 nitrogen and oxygen atoms in total. The predicted molar refractivity (Wildman–Crippen MR) is 97.3 cm³/mol. The molecular weight excluding hydrogens is 337 g/mol. The van der Waals surface area contributed by atoms with E-state index in [1.807, 2.05) is 4.90 Å². The Morgan fingerprint density at radius 2 is 1.84 bits per heavy atom. The molecule has 0 saturated carbocycles. The lowest BCUT2D eigenvalue weighted by Gasteiger charge is -2.32. The zero-order chi connectivity index (χ0) is 17.6. The molecule has 5 heteroatoms. The molecule has 1 aromatic carbocycles. The maximum Gasteiger partial charge on any atom is 0.223 e. The number of hydrogen-bond donors (Lipinski definition) is 0. The van der Waals surface area contributed by atoms with Crippen LogP contribution in [0.15, 0.2) is 41.8 Å². The second kappa shape index (κ2) is 8.39. The van der Waals surface area contributed by atoms with Crippen LogP contribution in [-0.2, 0) is 11.2 Å². The molecule has 0 spiro atoms. The number of carbonyl (C=O) groups excluding carboxylic acids is 2. The summed E-state index contributed by atoms with van der Waals surface area (Å²) in [4.78, 5) is 27.6. The number of halogens is 1. The Balaban J connectivity index is 1.43. The fourth-order valence-electron chi connectivity index (χ4n) is 3.30. The number of amides is 1. The van der Waals surface area contributed by atoms with Crippen molar-refractivity contribution in [2.75, 3.05) is 13.1 Å². The van der Waals surface area contributed by atoms with E-state index in [0.29, 0.717) is 5.92 Å².